The van der Waals surface area contributed by atoms with Crippen molar-refractivity contribution in [2.75, 3.05) is 13.2 Å². The highest BCUT2D eigenvalue weighted by molar-refractivity contribution is 5.90. The number of epoxide rings is 1. The summed E-state index contributed by atoms with van der Waals surface area (Å²) in [7, 11) is 0. The van der Waals surface area contributed by atoms with Crippen LogP contribution in [-0.4, -0.2) is 19.1 Å². The lowest BCUT2D eigenvalue weighted by atomic mass is 10.3. The Morgan fingerprint density at radius 3 is 1.89 bits per heavy atom. The van der Waals surface area contributed by atoms with Crippen molar-refractivity contribution in [1.29, 1.82) is 0 Å². The first-order valence-corrected chi connectivity index (χ1v) is 2.67. The third kappa shape index (κ3) is 11.0. The molecule has 0 aromatic rings. The van der Waals surface area contributed by atoms with Gasteiger partial charge in [-0.1, -0.05) is 6.58 Å². The Morgan fingerprint density at radius 1 is 1.67 bits per heavy atom. The number of ether oxygens (including phenoxy) is 1. The molecule has 1 saturated heterocycles. The van der Waals surface area contributed by atoms with Crippen molar-refractivity contribution in [2.45, 2.75) is 6.92 Å². The van der Waals surface area contributed by atoms with Gasteiger partial charge >= 0.3 is 0 Å². The molecule has 0 bridgehead atoms. The third-order valence-electron chi connectivity index (χ3n) is 0.625. The summed E-state index contributed by atoms with van der Waals surface area (Å²) < 4.78 is 4.50. The molecule has 0 aliphatic carbocycles. The van der Waals surface area contributed by atoms with E-state index in [1.807, 2.05) is 0 Å². The number of nitrogens with two attached hydrogens (primary N) is 1. The van der Waals surface area contributed by atoms with Crippen LogP contribution in [-0.2, 0) is 9.53 Å². The fourth-order valence-corrected chi connectivity index (χ4v) is 0. The average Bonchev–Trinajstić information content (AvgIpc) is 2.46. The van der Waals surface area contributed by atoms with E-state index in [2.05, 4.69) is 11.3 Å². The summed E-state index contributed by atoms with van der Waals surface area (Å²) in [6.45, 7) is 6.85. The molecule has 3 nitrogen and oxygen atoms in total. The maximum absolute atomic E-state index is 9.82. The monoisotopic (exact) mass is 129 g/mol. The summed E-state index contributed by atoms with van der Waals surface area (Å²) in [5, 5.41) is 0. The van der Waals surface area contributed by atoms with Gasteiger partial charge in [0.2, 0.25) is 5.91 Å². The fourth-order valence-electron chi connectivity index (χ4n) is 0. The number of primary amides is 1. The van der Waals surface area contributed by atoms with Crippen molar-refractivity contribution < 1.29 is 9.53 Å². The standard InChI is InChI=1S/C4H7NO.C2H4O/c1-3(2)4(5)6;1-2-3-1/h1H2,2H3,(H2,5,6);1-2H2. The summed E-state index contributed by atoms with van der Waals surface area (Å²) >= 11 is 0. The van der Waals surface area contributed by atoms with E-state index in [1.165, 1.54) is 0 Å². The lowest BCUT2D eigenvalue weighted by molar-refractivity contribution is -0.114. The average molecular weight is 129 g/mol. The Labute approximate surface area is 54.5 Å². The van der Waals surface area contributed by atoms with E-state index in [0.717, 1.165) is 13.2 Å². The summed E-state index contributed by atoms with van der Waals surface area (Å²) in [5.41, 5.74) is 5.09. The third-order valence-corrected chi connectivity index (χ3v) is 0.625. The van der Waals surface area contributed by atoms with Gasteiger partial charge in [-0.05, 0) is 6.92 Å². The maximum Gasteiger partial charge on any atom is 0.243 e. The lowest BCUT2D eigenvalue weighted by Crippen LogP contribution is -2.10. The Balaban J connectivity index is 0.000000173. The zero-order valence-corrected chi connectivity index (χ0v) is 5.52. The van der Waals surface area contributed by atoms with E-state index in [4.69, 9.17) is 5.73 Å². The predicted molar refractivity (Wildman–Crippen MR) is 34.8 cm³/mol. The minimum atomic E-state index is -0.435. The van der Waals surface area contributed by atoms with Gasteiger partial charge in [-0.3, -0.25) is 4.79 Å². The first kappa shape index (κ1) is 8.17. The second kappa shape index (κ2) is 4.09. The highest BCUT2D eigenvalue weighted by atomic mass is 16.6. The van der Waals surface area contributed by atoms with Crippen molar-refractivity contribution in [2.24, 2.45) is 5.73 Å². The van der Waals surface area contributed by atoms with Crippen LogP contribution in [0.15, 0.2) is 12.2 Å². The van der Waals surface area contributed by atoms with Crippen molar-refractivity contribution in [3.63, 3.8) is 0 Å². The van der Waals surface area contributed by atoms with Gasteiger partial charge in [-0.2, -0.15) is 0 Å². The quantitative estimate of drug-likeness (QED) is 0.402. The van der Waals surface area contributed by atoms with Crippen LogP contribution >= 0.6 is 0 Å². The van der Waals surface area contributed by atoms with Crippen LogP contribution in [0.1, 0.15) is 6.92 Å². The minimum absolute atomic E-state index is 0.398. The van der Waals surface area contributed by atoms with Gasteiger partial charge in [-0.15, -0.1) is 0 Å². The van der Waals surface area contributed by atoms with Crippen LogP contribution in [0.2, 0.25) is 0 Å². The summed E-state index contributed by atoms with van der Waals surface area (Å²) in [5.74, 6) is -0.435. The Bertz CT molecular complexity index is 103. The minimum Gasteiger partial charge on any atom is -0.377 e. The first-order chi connectivity index (χ1) is 4.14. The predicted octanol–water partition coefficient (Wildman–Crippen LogP) is 0.0644. The maximum atomic E-state index is 9.82. The molecule has 0 saturated carbocycles. The molecule has 1 amide bonds. The van der Waals surface area contributed by atoms with Crippen molar-refractivity contribution in [3.05, 3.63) is 12.2 Å². The number of carbonyl (C=O) groups excluding carboxylic acids is 1. The largest absolute Gasteiger partial charge is 0.377 e. The number of hydrogen-bond donors (Lipinski definition) is 1. The van der Waals surface area contributed by atoms with Crippen LogP contribution in [0.3, 0.4) is 0 Å². The Kier molecular flexibility index (Phi) is 3.71. The highest BCUT2D eigenvalue weighted by Crippen LogP contribution is 1.84. The number of rotatable bonds is 1. The molecule has 9 heavy (non-hydrogen) atoms. The first-order valence-electron chi connectivity index (χ1n) is 2.67. The number of amides is 1. The van der Waals surface area contributed by atoms with E-state index in [1.54, 1.807) is 6.92 Å². The molecular weight excluding hydrogens is 118 g/mol. The lowest BCUT2D eigenvalue weighted by Gasteiger charge is -1.81. The van der Waals surface area contributed by atoms with Gasteiger partial charge in [0.25, 0.3) is 0 Å². The molecule has 1 heterocycles. The van der Waals surface area contributed by atoms with Crippen molar-refractivity contribution >= 4 is 5.91 Å². The molecule has 1 aliphatic rings. The zero-order valence-electron chi connectivity index (χ0n) is 5.52. The SMILES string of the molecule is C1CO1.C=C(C)C(N)=O. The molecule has 0 aromatic heterocycles. The second-order valence-electron chi connectivity index (χ2n) is 1.76. The highest BCUT2D eigenvalue weighted by Gasteiger charge is 1.94. The van der Waals surface area contributed by atoms with Crippen molar-refractivity contribution in [3.8, 4) is 0 Å². The Hall–Kier alpha value is -0.830. The molecule has 1 aliphatic heterocycles. The van der Waals surface area contributed by atoms with E-state index in [9.17, 15) is 4.79 Å². The van der Waals surface area contributed by atoms with Gasteiger partial charge < -0.3 is 10.5 Å². The molecule has 52 valence electrons. The van der Waals surface area contributed by atoms with Gasteiger partial charge in [-0.25, -0.2) is 0 Å². The molecule has 3 heteroatoms. The van der Waals surface area contributed by atoms with Crippen LogP contribution in [0, 0.1) is 0 Å². The summed E-state index contributed by atoms with van der Waals surface area (Å²) in [6.07, 6.45) is 0. The second-order valence-corrected chi connectivity index (χ2v) is 1.76. The van der Waals surface area contributed by atoms with Crippen LogP contribution in [0.4, 0.5) is 0 Å². The van der Waals surface area contributed by atoms with Gasteiger partial charge in [0.1, 0.15) is 0 Å². The smallest absolute Gasteiger partial charge is 0.243 e. The summed E-state index contributed by atoms with van der Waals surface area (Å²) in [6, 6.07) is 0. The number of carbonyl (C=O) groups is 1. The van der Waals surface area contributed by atoms with Crippen LogP contribution in [0.5, 0.6) is 0 Å². The fraction of sp³-hybridized carbons (Fsp3) is 0.500. The molecule has 1 fully saturated rings. The molecule has 0 aromatic carbocycles. The van der Waals surface area contributed by atoms with E-state index in [-0.39, 0.29) is 0 Å². The molecule has 0 spiro atoms. The van der Waals surface area contributed by atoms with Gasteiger partial charge in [0.05, 0.1) is 13.2 Å². The molecule has 0 unspecified atom stereocenters. The van der Waals surface area contributed by atoms with Crippen LogP contribution < -0.4 is 5.73 Å². The topological polar surface area (TPSA) is 55.6 Å². The molecule has 0 atom stereocenters. The van der Waals surface area contributed by atoms with E-state index >= 15 is 0 Å². The normalized spacial score (nSPS) is 13.0. The van der Waals surface area contributed by atoms with E-state index in [0.29, 0.717) is 5.57 Å². The number of hydrogen-bond acceptors (Lipinski definition) is 2. The molecule has 2 N–H and O–H groups in total. The van der Waals surface area contributed by atoms with E-state index < -0.39 is 5.91 Å². The van der Waals surface area contributed by atoms with Crippen molar-refractivity contribution in [1.82, 2.24) is 0 Å². The molecular formula is C6H11NO2. The van der Waals surface area contributed by atoms with Crippen LogP contribution in [0.25, 0.3) is 0 Å². The molecule has 0 radical (unpaired) electrons. The summed E-state index contributed by atoms with van der Waals surface area (Å²) in [4.78, 5) is 9.82. The zero-order chi connectivity index (χ0) is 7.28. The molecule has 1 rings (SSSR count). The van der Waals surface area contributed by atoms with Gasteiger partial charge in [0, 0.05) is 5.57 Å². The van der Waals surface area contributed by atoms with Gasteiger partial charge in [0.15, 0.2) is 0 Å². The Morgan fingerprint density at radius 2 is 1.89 bits per heavy atom.